The molecule has 0 aromatic heterocycles. The summed E-state index contributed by atoms with van der Waals surface area (Å²) >= 11 is 1.49. The summed E-state index contributed by atoms with van der Waals surface area (Å²) in [5.74, 6) is 0.0752. The van der Waals surface area contributed by atoms with E-state index in [1.54, 1.807) is 10.8 Å². The fourth-order valence-electron chi connectivity index (χ4n) is 1.41. The highest BCUT2D eigenvalue weighted by Gasteiger charge is 2.06. The van der Waals surface area contributed by atoms with Gasteiger partial charge in [0, 0.05) is 11.1 Å². The average molecular weight is 268 g/mol. The van der Waals surface area contributed by atoms with Crippen molar-refractivity contribution in [3.05, 3.63) is 95.8 Å². The Labute approximate surface area is 118 Å². The zero-order valence-corrected chi connectivity index (χ0v) is 11.5. The topological polar surface area (TPSA) is 17.1 Å². The average Bonchev–Trinajstić information content (AvgIpc) is 2.50. The number of hydrogen-bond donors (Lipinski definition) is 0. The van der Waals surface area contributed by atoms with Gasteiger partial charge in [0.25, 0.3) is 0 Å². The first-order valence-corrected chi connectivity index (χ1v) is 6.76. The molecule has 19 heavy (non-hydrogen) atoms. The maximum atomic E-state index is 11.8. The summed E-state index contributed by atoms with van der Waals surface area (Å²) in [6.07, 6.45) is 0. The van der Waals surface area contributed by atoms with Crippen molar-refractivity contribution in [1.29, 1.82) is 0 Å². The predicted molar refractivity (Wildman–Crippen MR) is 84.3 cm³/mol. The summed E-state index contributed by atoms with van der Waals surface area (Å²) in [4.78, 5) is 11.8. The predicted octanol–water partition coefficient (Wildman–Crippen LogP) is 4.92. The lowest BCUT2D eigenvalue weighted by Crippen LogP contribution is -1.99. The van der Waals surface area contributed by atoms with E-state index in [0.29, 0.717) is 0 Å². The molecule has 0 heterocycles. The smallest absolute Gasteiger partial charge is 0.193 e. The number of carbonyl (C=O) groups is 1. The number of ketones is 1. The SMILES string of the molecule is C=CSC=C.O=C(c1ccccc1)c1ccccc1. The fraction of sp³-hybridized carbons (Fsp3) is 0. The Balaban J connectivity index is 0.000000312. The molecule has 2 aromatic carbocycles. The standard InChI is InChI=1S/C13H10O.C4H6S/c14-13(11-7-3-1-4-8-11)12-9-5-2-6-10-12;1-3-5-4-2/h1-10H;3-4H,1-2H2. The third-order valence-electron chi connectivity index (χ3n) is 2.26. The van der Waals surface area contributed by atoms with Gasteiger partial charge in [-0.2, -0.15) is 0 Å². The summed E-state index contributed by atoms with van der Waals surface area (Å²) < 4.78 is 0. The van der Waals surface area contributed by atoms with E-state index in [4.69, 9.17) is 0 Å². The van der Waals surface area contributed by atoms with E-state index in [1.165, 1.54) is 11.8 Å². The molecule has 0 bridgehead atoms. The zero-order valence-electron chi connectivity index (χ0n) is 10.7. The maximum absolute atomic E-state index is 11.8. The van der Waals surface area contributed by atoms with Crippen molar-refractivity contribution in [3.63, 3.8) is 0 Å². The molecular formula is C17H16OS. The molecule has 0 N–H and O–H groups in total. The van der Waals surface area contributed by atoms with Gasteiger partial charge in [0.1, 0.15) is 0 Å². The Morgan fingerprint density at radius 3 is 1.42 bits per heavy atom. The van der Waals surface area contributed by atoms with Crippen LogP contribution in [0.2, 0.25) is 0 Å². The Bertz CT molecular complexity index is 470. The molecule has 0 fully saturated rings. The number of thioether (sulfide) groups is 1. The molecule has 2 heteroatoms. The number of carbonyl (C=O) groups excluding carboxylic acids is 1. The monoisotopic (exact) mass is 268 g/mol. The molecule has 2 rings (SSSR count). The minimum atomic E-state index is 0.0752. The summed E-state index contributed by atoms with van der Waals surface area (Å²) in [6.45, 7) is 6.88. The van der Waals surface area contributed by atoms with E-state index >= 15 is 0 Å². The van der Waals surface area contributed by atoms with Gasteiger partial charge >= 0.3 is 0 Å². The first-order chi connectivity index (χ1) is 9.29. The lowest BCUT2D eigenvalue weighted by atomic mass is 10.0. The summed E-state index contributed by atoms with van der Waals surface area (Å²) in [6, 6.07) is 18.6. The van der Waals surface area contributed by atoms with E-state index in [1.807, 2.05) is 60.7 Å². The van der Waals surface area contributed by atoms with Crippen molar-refractivity contribution >= 4 is 17.5 Å². The maximum Gasteiger partial charge on any atom is 0.193 e. The molecule has 0 aliphatic carbocycles. The molecule has 96 valence electrons. The van der Waals surface area contributed by atoms with Crippen molar-refractivity contribution in [2.75, 3.05) is 0 Å². The van der Waals surface area contributed by atoms with Crippen LogP contribution in [-0.2, 0) is 0 Å². The molecule has 0 unspecified atom stereocenters. The molecule has 0 aliphatic heterocycles. The Hall–Kier alpha value is -2.06. The summed E-state index contributed by atoms with van der Waals surface area (Å²) in [7, 11) is 0. The van der Waals surface area contributed by atoms with Crippen LogP contribution in [-0.4, -0.2) is 5.78 Å². The van der Waals surface area contributed by atoms with Crippen LogP contribution in [0.1, 0.15) is 15.9 Å². The van der Waals surface area contributed by atoms with Gasteiger partial charge in [-0.25, -0.2) is 0 Å². The second-order valence-electron chi connectivity index (χ2n) is 3.53. The van der Waals surface area contributed by atoms with Crippen molar-refractivity contribution in [3.8, 4) is 0 Å². The van der Waals surface area contributed by atoms with E-state index < -0.39 is 0 Å². The highest BCUT2D eigenvalue weighted by molar-refractivity contribution is 8.04. The van der Waals surface area contributed by atoms with Crippen molar-refractivity contribution < 1.29 is 4.79 Å². The van der Waals surface area contributed by atoms with E-state index in [9.17, 15) is 4.79 Å². The van der Waals surface area contributed by atoms with Gasteiger partial charge in [0.05, 0.1) is 0 Å². The van der Waals surface area contributed by atoms with Gasteiger partial charge in [0.15, 0.2) is 5.78 Å². The zero-order chi connectivity index (χ0) is 13.9. The van der Waals surface area contributed by atoms with E-state index in [-0.39, 0.29) is 5.78 Å². The lowest BCUT2D eigenvalue weighted by Gasteiger charge is -1.99. The van der Waals surface area contributed by atoms with Crippen molar-refractivity contribution in [1.82, 2.24) is 0 Å². The molecule has 0 radical (unpaired) electrons. The highest BCUT2D eigenvalue weighted by Crippen LogP contribution is 2.08. The number of hydrogen-bond acceptors (Lipinski definition) is 2. The van der Waals surface area contributed by atoms with Crippen LogP contribution >= 0.6 is 11.8 Å². The van der Waals surface area contributed by atoms with E-state index in [2.05, 4.69) is 13.2 Å². The molecule has 0 atom stereocenters. The van der Waals surface area contributed by atoms with Crippen LogP contribution in [0, 0.1) is 0 Å². The highest BCUT2D eigenvalue weighted by atomic mass is 32.2. The van der Waals surface area contributed by atoms with Crippen LogP contribution in [0.3, 0.4) is 0 Å². The first-order valence-electron chi connectivity index (χ1n) is 5.81. The Kier molecular flexibility index (Phi) is 7.06. The van der Waals surface area contributed by atoms with Gasteiger partial charge in [-0.3, -0.25) is 4.79 Å². The van der Waals surface area contributed by atoms with Crippen LogP contribution in [0.15, 0.2) is 84.6 Å². The molecule has 2 aromatic rings. The Morgan fingerprint density at radius 1 is 0.789 bits per heavy atom. The normalized spacial score (nSPS) is 8.84. The lowest BCUT2D eigenvalue weighted by molar-refractivity contribution is 0.103. The molecule has 0 saturated carbocycles. The number of rotatable bonds is 4. The van der Waals surface area contributed by atoms with Crippen molar-refractivity contribution in [2.45, 2.75) is 0 Å². The van der Waals surface area contributed by atoms with Gasteiger partial charge in [-0.1, -0.05) is 73.8 Å². The second-order valence-corrected chi connectivity index (χ2v) is 4.47. The quantitative estimate of drug-likeness (QED) is 0.732. The van der Waals surface area contributed by atoms with Crippen LogP contribution in [0.5, 0.6) is 0 Å². The molecular weight excluding hydrogens is 252 g/mol. The van der Waals surface area contributed by atoms with E-state index in [0.717, 1.165) is 11.1 Å². The van der Waals surface area contributed by atoms with Crippen molar-refractivity contribution in [2.24, 2.45) is 0 Å². The molecule has 0 spiro atoms. The van der Waals surface area contributed by atoms with Gasteiger partial charge in [-0.05, 0) is 10.8 Å². The minimum absolute atomic E-state index is 0.0752. The second kappa shape index (κ2) is 8.95. The fourth-order valence-corrected chi connectivity index (χ4v) is 1.55. The van der Waals surface area contributed by atoms with Gasteiger partial charge in [0.2, 0.25) is 0 Å². The number of benzene rings is 2. The minimum Gasteiger partial charge on any atom is -0.289 e. The van der Waals surface area contributed by atoms with Crippen LogP contribution in [0.4, 0.5) is 0 Å². The molecule has 0 saturated heterocycles. The Morgan fingerprint density at radius 2 is 1.16 bits per heavy atom. The van der Waals surface area contributed by atoms with Crippen LogP contribution < -0.4 is 0 Å². The molecule has 0 amide bonds. The van der Waals surface area contributed by atoms with Crippen LogP contribution in [0.25, 0.3) is 0 Å². The molecule has 0 aliphatic rings. The van der Waals surface area contributed by atoms with Gasteiger partial charge in [-0.15, -0.1) is 11.8 Å². The largest absolute Gasteiger partial charge is 0.289 e. The summed E-state index contributed by atoms with van der Waals surface area (Å²) in [5.41, 5.74) is 1.47. The third kappa shape index (κ3) is 5.40. The van der Waals surface area contributed by atoms with Gasteiger partial charge < -0.3 is 0 Å². The molecule has 1 nitrogen and oxygen atoms in total. The third-order valence-corrected chi connectivity index (χ3v) is 2.65. The summed E-state index contributed by atoms with van der Waals surface area (Å²) in [5, 5.41) is 3.46. The first kappa shape index (κ1) is 15.0.